The monoisotopic (exact) mass is 306 g/mol. The highest BCUT2D eigenvalue weighted by Gasteiger charge is 2.32. The first kappa shape index (κ1) is 11.5. The largest absolute Gasteiger partial charge is 0.470 e. The van der Waals surface area contributed by atoms with Crippen molar-refractivity contribution in [3.8, 4) is 5.88 Å². The minimum absolute atomic E-state index is 0.154. The predicted octanol–water partition coefficient (Wildman–Crippen LogP) is 2.24. The van der Waals surface area contributed by atoms with Crippen LogP contribution in [0.1, 0.15) is 0 Å². The van der Waals surface area contributed by atoms with E-state index in [1.165, 1.54) is 4.90 Å². The molecule has 1 aromatic heterocycles. The molecule has 1 fully saturated rings. The molecule has 1 amide bonds. The van der Waals surface area contributed by atoms with E-state index >= 15 is 0 Å². The zero-order chi connectivity index (χ0) is 11.7. The predicted molar refractivity (Wildman–Crippen MR) is 61.0 cm³/mol. The van der Waals surface area contributed by atoms with Crippen molar-refractivity contribution in [1.29, 1.82) is 0 Å². The molecule has 2 rings (SSSR count). The molecular formula is C9H8BrClN2O3. The first-order valence-corrected chi connectivity index (χ1v) is 5.70. The van der Waals surface area contributed by atoms with E-state index in [9.17, 15) is 4.79 Å². The Bertz CT molecular complexity index is 423. The SMILES string of the molecule is O=C(O)N1CC(Oc2nc(Cl)ccc2Br)C1. The summed E-state index contributed by atoms with van der Waals surface area (Å²) in [6.45, 7) is 0.714. The summed E-state index contributed by atoms with van der Waals surface area (Å²) in [6.07, 6.45) is -1.09. The van der Waals surface area contributed by atoms with Crippen LogP contribution < -0.4 is 4.74 Å². The van der Waals surface area contributed by atoms with Crippen molar-refractivity contribution in [3.63, 3.8) is 0 Å². The fraction of sp³-hybridized carbons (Fsp3) is 0.333. The third-order valence-electron chi connectivity index (χ3n) is 2.18. The molecular weight excluding hydrogens is 299 g/mol. The van der Waals surface area contributed by atoms with Gasteiger partial charge in [0, 0.05) is 0 Å². The highest BCUT2D eigenvalue weighted by Crippen LogP contribution is 2.26. The van der Waals surface area contributed by atoms with E-state index in [0.717, 1.165) is 0 Å². The number of carboxylic acid groups (broad SMARTS) is 1. The molecule has 1 aromatic rings. The van der Waals surface area contributed by atoms with E-state index in [4.69, 9.17) is 21.4 Å². The number of aromatic nitrogens is 1. The first-order valence-electron chi connectivity index (χ1n) is 4.53. The van der Waals surface area contributed by atoms with E-state index in [-0.39, 0.29) is 6.10 Å². The van der Waals surface area contributed by atoms with Gasteiger partial charge in [0.2, 0.25) is 5.88 Å². The number of hydrogen-bond acceptors (Lipinski definition) is 3. The zero-order valence-electron chi connectivity index (χ0n) is 8.06. The van der Waals surface area contributed by atoms with Gasteiger partial charge in [0.15, 0.2) is 0 Å². The molecule has 86 valence electrons. The van der Waals surface area contributed by atoms with Crippen LogP contribution >= 0.6 is 27.5 Å². The number of ether oxygens (including phenoxy) is 1. The third kappa shape index (κ3) is 2.38. The van der Waals surface area contributed by atoms with Gasteiger partial charge in [-0.2, -0.15) is 0 Å². The molecule has 2 heterocycles. The van der Waals surface area contributed by atoms with Crippen LogP contribution in [0.4, 0.5) is 4.79 Å². The van der Waals surface area contributed by atoms with Crippen LogP contribution in [0.3, 0.4) is 0 Å². The summed E-state index contributed by atoms with van der Waals surface area (Å²) < 4.78 is 6.19. The van der Waals surface area contributed by atoms with Gasteiger partial charge in [-0.15, -0.1) is 0 Å². The first-order chi connectivity index (χ1) is 7.56. The molecule has 1 saturated heterocycles. The number of halogens is 2. The van der Waals surface area contributed by atoms with Crippen LogP contribution in [0.5, 0.6) is 5.88 Å². The normalized spacial score (nSPS) is 15.8. The molecule has 0 radical (unpaired) electrons. The van der Waals surface area contributed by atoms with Gasteiger partial charge < -0.3 is 14.7 Å². The molecule has 0 aliphatic carbocycles. The van der Waals surface area contributed by atoms with Crippen molar-refractivity contribution in [2.45, 2.75) is 6.10 Å². The molecule has 5 nitrogen and oxygen atoms in total. The highest BCUT2D eigenvalue weighted by atomic mass is 79.9. The van der Waals surface area contributed by atoms with Crippen molar-refractivity contribution in [1.82, 2.24) is 9.88 Å². The maximum absolute atomic E-state index is 10.5. The van der Waals surface area contributed by atoms with E-state index in [1.54, 1.807) is 12.1 Å². The maximum atomic E-state index is 10.5. The van der Waals surface area contributed by atoms with Crippen molar-refractivity contribution >= 4 is 33.6 Å². The number of nitrogens with zero attached hydrogens (tertiary/aromatic N) is 2. The smallest absolute Gasteiger partial charge is 0.407 e. The Balaban J connectivity index is 1.96. The highest BCUT2D eigenvalue weighted by molar-refractivity contribution is 9.10. The molecule has 0 unspecified atom stereocenters. The zero-order valence-corrected chi connectivity index (χ0v) is 10.4. The molecule has 7 heteroatoms. The Hall–Kier alpha value is -1.01. The van der Waals surface area contributed by atoms with Crippen LogP contribution in [0.15, 0.2) is 16.6 Å². The fourth-order valence-corrected chi connectivity index (χ4v) is 1.76. The molecule has 1 aliphatic heterocycles. The Morgan fingerprint density at radius 1 is 1.62 bits per heavy atom. The van der Waals surface area contributed by atoms with E-state index in [0.29, 0.717) is 28.6 Å². The third-order valence-corrected chi connectivity index (χ3v) is 2.99. The van der Waals surface area contributed by atoms with Crippen LogP contribution in [-0.4, -0.2) is 40.3 Å². The summed E-state index contributed by atoms with van der Waals surface area (Å²) >= 11 is 9.00. The molecule has 1 N–H and O–H groups in total. The van der Waals surface area contributed by atoms with Crippen molar-refractivity contribution in [2.75, 3.05) is 13.1 Å². The summed E-state index contributed by atoms with van der Waals surface area (Å²) in [5.41, 5.74) is 0. The lowest BCUT2D eigenvalue weighted by Crippen LogP contribution is -2.55. The lowest BCUT2D eigenvalue weighted by Gasteiger charge is -2.36. The second kappa shape index (κ2) is 4.47. The average molecular weight is 308 g/mol. The Labute approximate surface area is 105 Å². The quantitative estimate of drug-likeness (QED) is 0.851. The molecule has 0 bridgehead atoms. The second-order valence-corrected chi connectivity index (χ2v) is 4.59. The van der Waals surface area contributed by atoms with Crippen LogP contribution in [0.25, 0.3) is 0 Å². The van der Waals surface area contributed by atoms with Gasteiger partial charge in [0.05, 0.1) is 17.6 Å². The van der Waals surface area contributed by atoms with Gasteiger partial charge in [0.25, 0.3) is 0 Å². The van der Waals surface area contributed by atoms with Gasteiger partial charge in [0.1, 0.15) is 11.3 Å². The number of hydrogen-bond donors (Lipinski definition) is 1. The number of amides is 1. The topological polar surface area (TPSA) is 62.7 Å². The van der Waals surface area contributed by atoms with Gasteiger partial charge in [-0.1, -0.05) is 11.6 Å². The minimum Gasteiger partial charge on any atom is -0.470 e. The Morgan fingerprint density at radius 2 is 2.31 bits per heavy atom. The molecule has 16 heavy (non-hydrogen) atoms. The summed E-state index contributed by atoms with van der Waals surface area (Å²) in [5, 5.41) is 8.98. The summed E-state index contributed by atoms with van der Waals surface area (Å²) in [4.78, 5) is 15.8. The van der Waals surface area contributed by atoms with Gasteiger partial charge >= 0.3 is 6.09 Å². The lowest BCUT2D eigenvalue weighted by atomic mass is 10.2. The minimum atomic E-state index is -0.932. The summed E-state index contributed by atoms with van der Waals surface area (Å²) in [7, 11) is 0. The maximum Gasteiger partial charge on any atom is 0.407 e. The molecule has 0 atom stereocenters. The standard InChI is InChI=1S/C9H8BrClN2O3/c10-6-1-2-7(11)12-8(6)16-5-3-13(4-5)9(14)15/h1-2,5H,3-4H2,(H,14,15). The Morgan fingerprint density at radius 3 is 2.94 bits per heavy atom. The van der Waals surface area contributed by atoms with Crippen molar-refractivity contribution in [3.05, 3.63) is 21.8 Å². The summed E-state index contributed by atoms with van der Waals surface area (Å²) in [5.74, 6) is 0.391. The number of likely N-dealkylation sites (tertiary alicyclic amines) is 1. The molecule has 0 spiro atoms. The van der Waals surface area contributed by atoms with Crippen LogP contribution in [-0.2, 0) is 0 Å². The van der Waals surface area contributed by atoms with E-state index in [2.05, 4.69) is 20.9 Å². The van der Waals surface area contributed by atoms with Crippen molar-refractivity contribution in [2.24, 2.45) is 0 Å². The number of carbonyl (C=O) groups is 1. The van der Waals surface area contributed by atoms with Gasteiger partial charge in [-0.3, -0.25) is 0 Å². The van der Waals surface area contributed by atoms with Gasteiger partial charge in [-0.05, 0) is 28.1 Å². The average Bonchev–Trinajstić information content (AvgIpc) is 2.15. The molecule has 1 aliphatic rings. The lowest BCUT2D eigenvalue weighted by molar-refractivity contribution is 0.0223. The van der Waals surface area contributed by atoms with Crippen LogP contribution in [0, 0.1) is 0 Å². The van der Waals surface area contributed by atoms with Crippen molar-refractivity contribution < 1.29 is 14.6 Å². The van der Waals surface area contributed by atoms with E-state index in [1.807, 2.05) is 0 Å². The Kier molecular flexibility index (Phi) is 3.20. The molecule has 0 aromatic carbocycles. The van der Waals surface area contributed by atoms with Gasteiger partial charge in [-0.25, -0.2) is 9.78 Å². The number of rotatable bonds is 2. The summed E-state index contributed by atoms with van der Waals surface area (Å²) in [6, 6.07) is 3.38. The van der Waals surface area contributed by atoms with E-state index < -0.39 is 6.09 Å². The second-order valence-electron chi connectivity index (χ2n) is 3.35. The fourth-order valence-electron chi connectivity index (χ4n) is 1.31. The number of pyridine rings is 1. The van der Waals surface area contributed by atoms with Crippen LogP contribution in [0.2, 0.25) is 5.15 Å². The molecule has 0 saturated carbocycles.